The number of hydrogen-bond acceptors (Lipinski definition) is 2. The molecule has 0 amide bonds. The highest BCUT2D eigenvalue weighted by molar-refractivity contribution is 7.99. The monoisotopic (exact) mass is 143 g/mol. The van der Waals surface area contributed by atoms with E-state index in [-0.39, 0.29) is 0 Å². The van der Waals surface area contributed by atoms with Gasteiger partial charge in [-0.15, -0.1) is 0 Å². The summed E-state index contributed by atoms with van der Waals surface area (Å²) in [7, 11) is 0. The molecule has 0 aromatic heterocycles. The van der Waals surface area contributed by atoms with Crippen molar-refractivity contribution < 1.29 is 0 Å². The highest BCUT2D eigenvalue weighted by Gasteiger charge is 2.29. The van der Waals surface area contributed by atoms with Gasteiger partial charge in [0.15, 0.2) is 0 Å². The van der Waals surface area contributed by atoms with Gasteiger partial charge in [0.1, 0.15) is 0 Å². The molecule has 2 bridgehead atoms. The van der Waals surface area contributed by atoms with E-state index in [1.807, 2.05) is 0 Å². The molecule has 0 atom stereocenters. The second kappa shape index (κ2) is 2.51. The molecule has 0 aromatic rings. The first-order chi connectivity index (χ1) is 4.45. The Morgan fingerprint density at radius 1 is 1.33 bits per heavy atom. The lowest BCUT2D eigenvalue weighted by molar-refractivity contribution is 0.346. The summed E-state index contributed by atoms with van der Waals surface area (Å²) in [6.07, 6.45) is 4.24. The Balaban J connectivity index is 1.85. The topological polar surface area (TPSA) is 12.0 Å². The van der Waals surface area contributed by atoms with Gasteiger partial charge >= 0.3 is 0 Å². The van der Waals surface area contributed by atoms with Crippen LogP contribution in [0.4, 0.5) is 0 Å². The number of fused-ring (bicyclic) bond motifs is 4. The summed E-state index contributed by atoms with van der Waals surface area (Å²) in [5.74, 6) is 1.38. The van der Waals surface area contributed by atoms with Gasteiger partial charge in [-0.1, -0.05) is 0 Å². The normalized spacial score (nSPS) is 42.7. The molecule has 0 unspecified atom stereocenters. The zero-order valence-corrected chi connectivity index (χ0v) is 6.41. The minimum atomic E-state index is 0.891. The third kappa shape index (κ3) is 1.24. The first-order valence-electron chi connectivity index (χ1n) is 3.80. The van der Waals surface area contributed by atoms with Crippen molar-refractivity contribution >= 4 is 11.8 Å². The first-order valence-corrected chi connectivity index (χ1v) is 4.85. The highest BCUT2D eigenvalue weighted by atomic mass is 32.2. The van der Waals surface area contributed by atoms with Crippen LogP contribution in [0.3, 0.4) is 0 Å². The van der Waals surface area contributed by atoms with E-state index in [0.29, 0.717) is 0 Å². The van der Waals surface area contributed by atoms with E-state index in [0.717, 1.165) is 11.3 Å². The van der Waals surface area contributed by atoms with Crippen molar-refractivity contribution in [1.29, 1.82) is 0 Å². The van der Waals surface area contributed by atoms with Gasteiger partial charge in [0.25, 0.3) is 0 Å². The molecule has 0 aromatic carbocycles. The van der Waals surface area contributed by atoms with Crippen LogP contribution in [0.5, 0.6) is 0 Å². The van der Waals surface area contributed by atoms with Crippen LogP contribution >= 0.6 is 11.8 Å². The molecule has 0 radical (unpaired) electrons. The minimum absolute atomic E-state index is 0.891. The minimum Gasteiger partial charge on any atom is -0.314 e. The van der Waals surface area contributed by atoms with Crippen LogP contribution in [0, 0.1) is 0 Å². The van der Waals surface area contributed by atoms with Crippen molar-refractivity contribution in [2.75, 3.05) is 12.3 Å². The maximum atomic E-state index is 3.54. The molecule has 3 rings (SSSR count). The molecule has 52 valence electrons. The standard InChI is InChI=1S/C7H13NS/c1-2-8-6-4-7(5-6)9-3-1/h6-8H,1-5H2. The molecule has 2 saturated heterocycles. The molecule has 3 aliphatic rings. The molecular formula is C7H13NS. The van der Waals surface area contributed by atoms with Crippen molar-refractivity contribution in [2.45, 2.75) is 30.6 Å². The Morgan fingerprint density at radius 2 is 2.22 bits per heavy atom. The van der Waals surface area contributed by atoms with E-state index in [2.05, 4.69) is 17.1 Å². The SMILES string of the molecule is C1CNC2CC(C2)SC1. The van der Waals surface area contributed by atoms with E-state index in [1.54, 1.807) is 0 Å². The Labute approximate surface area is 60.6 Å². The summed E-state index contributed by atoms with van der Waals surface area (Å²) in [4.78, 5) is 0. The van der Waals surface area contributed by atoms with Crippen LogP contribution in [0.15, 0.2) is 0 Å². The molecule has 2 aliphatic heterocycles. The van der Waals surface area contributed by atoms with Gasteiger partial charge in [0, 0.05) is 11.3 Å². The number of rotatable bonds is 0. The van der Waals surface area contributed by atoms with E-state index < -0.39 is 0 Å². The van der Waals surface area contributed by atoms with E-state index >= 15 is 0 Å². The number of hydrogen-bond donors (Lipinski definition) is 1. The van der Waals surface area contributed by atoms with E-state index in [1.165, 1.54) is 31.6 Å². The van der Waals surface area contributed by atoms with Gasteiger partial charge in [-0.2, -0.15) is 11.8 Å². The zero-order valence-electron chi connectivity index (χ0n) is 5.60. The quantitative estimate of drug-likeness (QED) is 0.547. The van der Waals surface area contributed by atoms with Crippen molar-refractivity contribution in [3.8, 4) is 0 Å². The van der Waals surface area contributed by atoms with Crippen molar-refractivity contribution in [1.82, 2.24) is 5.32 Å². The molecule has 1 saturated carbocycles. The van der Waals surface area contributed by atoms with Crippen LogP contribution < -0.4 is 5.32 Å². The van der Waals surface area contributed by atoms with E-state index in [9.17, 15) is 0 Å². The predicted octanol–water partition coefficient (Wildman–Crippen LogP) is 1.24. The zero-order chi connectivity index (χ0) is 6.10. The van der Waals surface area contributed by atoms with Crippen LogP contribution in [0.25, 0.3) is 0 Å². The second-order valence-electron chi connectivity index (χ2n) is 2.97. The van der Waals surface area contributed by atoms with Crippen molar-refractivity contribution in [3.05, 3.63) is 0 Å². The lowest BCUT2D eigenvalue weighted by Crippen LogP contribution is -2.45. The van der Waals surface area contributed by atoms with Gasteiger partial charge in [0.05, 0.1) is 0 Å². The fourth-order valence-electron chi connectivity index (χ4n) is 1.50. The van der Waals surface area contributed by atoms with Crippen molar-refractivity contribution in [2.24, 2.45) is 0 Å². The molecule has 1 N–H and O–H groups in total. The summed E-state index contributed by atoms with van der Waals surface area (Å²) < 4.78 is 0. The molecular weight excluding hydrogens is 130 g/mol. The lowest BCUT2D eigenvalue weighted by Gasteiger charge is -2.37. The summed E-state index contributed by atoms with van der Waals surface area (Å²) in [5.41, 5.74) is 0. The maximum absolute atomic E-state index is 3.54. The van der Waals surface area contributed by atoms with Crippen molar-refractivity contribution in [3.63, 3.8) is 0 Å². The van der Waals surface area contributed by atoms with Gasteiger partial charge in [-0.3, -0.25) is 0 Å². The molecule has 1 aliphatic carbocycles. The van der Waals surface area contributed by atoms with E-state index in [4.69, 9.17) is 0 Å². The lowest BCUT2D eigenvalue weighted by atomic mass is 9.92. The second-order valence-corrected chi connectivity index (χ2v) is 4.38. The summed E-state index contributed by atoms with van der Waals surface area (Å²) in [6.45, 7) is 1.25. The number of thioether (sulfide) groups is 1. The molecule has 2 heteroatoms. The fourth-order valence-corrected chi connectivity index (χ4v) is 2.88. The summed E-state index contributed by atoms with van der Waals surface area (Å²) >= 11 is 2.18. The number of nitrogens with one attached hydrogen (secondary N) is 1. The van der Waals surface area contributed by atoms with Crippen LogP contribution in [-0.2, 0) is 0 Å². The molecule has 3 fully saturated rings. The predicted molar refractivity (Wildman–Crippen MR) is 41.9 cm³/mol. The van der Waals surface area contributed by atoms with Gasteiger partial charge in [-0.25, -0.2) is 0 Å². The molecule has 9 heavy (non-hydrogen) atoms. The first kappa shape index (κ1) is 6.05. The largest absolute Gasteiger partial charge is 0.314 e. The Bertz CT molecular complexity index is 83.6. The summed E-state index contributed by atoms with van der Waals surface area (Å²) in [6, 6.07) is 0.891. The van der Waals surface area contributed by atoms with Crippen LogP contribution in [-0.4, -0.2) is 23.6 Å². The highest BCUT2D eigenvalue weighted by Crippen LogP contribution is 2.33. The van der Waals surface area contributed by atoms with Crippen LogP contribution in [0.1, 0.15) is 19.3 Å². The Morgan fingerprint density at radius 3 is 3.11 bits per heavy atom. The fraction of sp³-hybridized carbons (Fsp3) is 1.00. The summed E-state index contributed by atoms with van der Waals surface area (Å²) in [5, 5.41) is 4.55. The molecule has 1 nitrogen and oxygen atoms in total. The van der Waals surface area contributed by atoms with Crippen LogP contribution in [0.2, 0.25) is 0 Å². The Hall–Kier alpha value is 0.310. The van der Waals surface area contributed by atoms with Gasteiger partial charge in [-0.05, 0) is 31.6 Å². The van der Waals surface area contributed by atoms with Gasteiger partial charge < -0.3 is 5.32 Å². The smallest absolute Gasteiger partial charge is 0.00881 e. The third-order valence-corrected chi connectivity index (χ3v) is 3.58. The average molecular weight is 143 g/mol. The van der Waals surface area contributed by atoms with Gasteiger partial charge in [0.2, 0.25) is 0 Å². The third-order valence-electron chi connectivity index (χ3n) is 2.20. The maximum Gasteiger partial charge on any atom is 0.00881 e. The average Bonchev–Trinajstić information content (AvgIpc) is 1.54. The molecule has 0 spiro atoms. The molecule has 2 heterocycles. The Kier molecular flexibility index (Phi) is 1.68.